The van der Waals surface area contributed by atoms with Crippen LogP contribution in [0.15, 0.2) is 48.5 Å². The lowest BCUT2D eigenvalue weighted by molar-refractivity contribution is -0.169. The first kappa shape index (κ1) is 16.0. The first-order chi connectivity index (χ1) is 12.5. The van der Waals surface area contributed by atoms with Crippen molar-refractivity contribution in [3.8, 4) is 0 Å². The van der Waals surface area contributed by atoms with E-state index in [0.717, 1.165) is 5.56 Å². The Hall–Kier alpha value is -3.48. The fourth-order valence-electron chi connectivity index (χ4n) is 3.27. The zero-order chi connectivity index (χ0) is 18.3. The van der Waals surface area contributed by atoms with E-state index in [2.05, 4.69) is 5.32 Å². The van der Waals surface area contributed by atoms with Crippen molar-refractivity contribution in [3.63, 3.8) is 0 Å². The van der Waals surface area contributed by atoms with E-state index >= 15 is 0 Å². The van der Waals surface area contributed by atoms with E-state index in [1.165, 1.54) is 12.1 Å². The van der Waals surface area contributed by atoms with Crippen molar-refractivity contribution >= 4 is 29.4 Å². The van der Waals surface area contributed by atoms with Crippen molar-refractivity contribution < 1.29 is 24.0 Å². The van der Waals surface area contributed by atoms with Crippen LogP contribution in [0.5, 0.6) is 0 Å². The number of anilines is 1. The third-order valence-electron chi connectivity index (χ3n) is 4.47. The molecular formula is C19H14N2O5. The standard InChI is InChI=1S/C19H14N2O5/c22-16-9-11(12-5-3-4-8-15(12)20-16)10-17(23)26-21-18(24)13-6-1-2-7-14(13)19(21)25/h1-8,11H,9-10H2,(H,20,22). The minimum absolute atomic E-state index is 0.113. The summed E-state index contributed by atoms with van der Waals surface area (Å²) in [7, 11) is 0. The van der Waals surface area contributed by atoms with Gasteiger partial charge in [0.1, 0.15) is 0 Å². The Morgan fingerprint density at radius 2 is 1.62 bits per heavy atom. The molecular weight excluding hydrogens is 336 g/mol. The Morgan fingerprint density at radius 3 is 2.31 bits per heavy atom. The van der Waals surface area contributed by atoms with Crippen LogP contribution in [0, 0.1) is 0 Å². The molecule has 0 aliphatic carbocycles. The number of hydroxylamine groups is 2. The van der Waals surface area contributed by atoms with Gasteiger partial charge in [-0.3, -0.25) is 14.4 Å². The van der Waals surface area contributed by atoms with Gasteiger partial charge in [0.05, 0.1) is 17.5 Å². The van der Waals surface area contributed by atoms with Gasteiger partial charge in [0.25, 0.3) is 11.8 Å². The Balaban J connectivity index is 1.50. The summed E-state index contributed by atoms with van der Waals surface area (Å²) in [5, 5.41) is 3.24. The minimum atomic E-state index is -0.742. The summed E-state index contributed by atoms with van der Waals surface area (Å²) in [5.41, 5.74) is 1.88. The molecule has 0 aromatic heterocycles. The number of para-hydroxylation sites is 1. The molecule has 1 unspecified atom stereocenters. The highest BCUT2D eigenvalue weighted by Crippen LogP contribution is 2.34. The summed E-state index contributed by atoms with van der Waals surface area (Å²) in [6.45, 7) is 0. The molecule has 2 aliphatic rings. The van der Waals surface area contributed by atoms with E-state index in [1.807, 2.05) is 12.1 Å². The predicted molar refractivity (Wildman–Crippen MR) is 90.1 cm³/mol. The fraction of sp³-hybridized carbons (Fsp3) is 0.158. The van der Waals surface area contributed by atoms with Crippen molar-refractivity contribution in [3.05, 3.63) is 65.2 Å². The summed E-state index contributed by atoms with van der Waals surface area (Å²) in [6.07, 6.45) is 0.0199. The SMILES string of the molecule is O=C1CC(CC(=O)ON2C(=O)c3ccccc3C2=O)c2ccccc2N1. The zero-order valence-electron chi connectivity index (χ0n) is 13.6. The van der Waals surface area contributed by atoms with Gasteiger partial charge < -0.3 is 10.2 Å². The second-order valence-electron chi connectivity index (χ2n) is 6.15. The number of carbonyl (C=O) groups excluding carboxylic acids is 4. The first-order valence-corrected chi connectivity index (χ1v) is 8.12. The molecule has 0 saturated carbocycles. The van der Waals surface area contributed by atoms with Crippen LogP contribution in [-0.2, 0) is 14.4 Å². The van der Waals surface area contributed by atoms with E-state index in [-0.39, 0.29) is 35.8 Å². The monoisotopic (exact) mass is 350 g/mol. The molecule has 26 heavy (non-hydrogen) atoms. The first-order valence-electron chi connectivity index (χ1n) is 8.12. The quantitative estimate of drug-likeness (QED) is 0.857. The van der Waals surface area contributed by atoms with Crippen molar-refractivity contribution in [2.75, 3.05) is 5.32 Å². The highest BCUT2D eigenvalue weighted by Gasteiger charge is 2.39. The normalized spacial score (nSPS) is 18.2. The number of fused-ring (bicyclic) bond motifs is 2. The van der Waals surface area contributed by atoms with Crippen LogP contribution in [0.25, 0.3) is 0 Å². The van der Waals surface area contributed by atoms with Gasteiger partial charge in [-0.15, -0.1) is 0 Å². The number of carbonyl (C=O) groups is 4. The third kappa shape index (κ3) is 2.63. The average Bonchev–Trinajstić information content (AvgIpc) is 2.87. The van der Waals surface area contributed by atoms with Crippen LogP contribution in [0.4, 0.5) is 5.69 Å². The molecule has 1 atom stereocenters. The summed E-state index contributed by atoms with van der Waals surface area (Å²) in [6, 6.07) is 13.5. The largest absolute Gasteiger partial charge is 0.333 e. The second kappa shape index (κ2) is 6.11. The number of nitrogens with zero attached hydrogens (tertiary/aromatic N) is 1. The second-order valence-corrected chi connectivity index (χ2v) is 6.15. The molecule has 1 N–H and O–H groups in total. The van der Waals surface area contributed by atoms with Gasteiger partial charge in [-0.1, -0.05) is 35.4 Å². The zero-order valence-corrected chi connectivity index (χ0v) is 13.6. The number of benzene rings is 2. The highest BCUT2D eigenvalue weighted by molar-refractivity contribution is 6.20. The molecule has 130 valence electrons. The molecule has 2 aliphatic heterocycles. The number of amides is 3. The lowest BCUT2D eigenvalue weighted by Crippen LogP contribution is -2.33. The number of hydrogen-bond donors (Lipinski definition) is 1. The Morgan fingerprint density at radius 1 is 1.00 bits per heavy atom. The van der Waals surface area contributed by atoms with Gasteiger partial charge in [0, 0.05) is 18.0 Å². The maximum absolute atomic E-state index is 12.3. The van der Waals surface area contributed by atoms with Crippen LogP contribution >= 0.6 is 0 Å². The maximum atomic E-state index is 12.3. The predicted octanol–water partition coefficient (Wildman–Crippen LogP) is 2.26. The summed E-state index contributed by atoms with van der Waals surface area (Å²) >= 11 is 0. The van der Waals surface area contributed by atoms with E-state index in [9.17, 15) is 19.2 Å². The Kier molecular flexibility index (Phi) is 3.76. The molecule has 2 aromatic carbocycles. The molecule has 4 rings (SSSR count). The molecule has 7 heteroatoms. The van der Waals surface area contributed by atoms with Gasteiger partial charge in [0.2, 0.25) is 5.91 Å². The molecule has 0 radical (unpaired) electrons. The van der Waals surface area contributed by atoms with E-state index in [4.69, 9.17) is 4.84 Å². The smallest absolute Gasteiger partial charge is 0.330 e. The maximum Gasteiger partial charge on any atom is 0.333 e. The minimum Gasteiger partial charge on any atom is -0.330 e. The number of rotatable bonds is 3. The third-order valence-corrected chi connectivity index (χ3v) is 4.47. The van der Waals surface area contributed by atoms with Crippen LogP contribution < -0.4 is 5.32 Å². The molecule has 0 saturated heterocycles. The van der Waals surface area contributed by atoms with Crippen molar-refractivity contribution in [2.45, 2.75) is 18.8 Å². The van der Waals surface area contributed by atoms with Crippen LogP contribution in [0.2, 0.25) is 0 Å². The van der Waals surface area contributed by atoms with Gasteiger partial charge >= 0.3 is 5.97 Å². The van der Waals surface area contributed by atoms with Crippen molar-refractivity contribution in [2.24, 2.45) is 0 Å². The van der Waals surface area contributed by atoms with Crippen LogP contribution in [0.3, 0.4) is 0 Å². The van der Waals surface area contributed by atoms with Gasteiger partial charge in [0.15, 0.2) is 0 Å². The van der Waals surface area contributed by atoms with Gasteiger partial charge in [-0.2, -0.15) is 0 Å². The van der Waals surface area contributed by atoms with Gasteiger partial charge in [-0.25, -0.2) is 4.79 Å². The van der Waals surface area contributed by atoms with E-state index in [1.54, 1.807) is 24.3 Å². The highest BCUT2D eigenvalue weighted by atomic mass is 16.7. The van der Waals surface area contributed by atoms with E-state index in [0.29, 0.717) is 10.8 Å². The summed E-state index contributed by atoms with van der Waals surface area (Å²) in [4.78, 5) is 53.7. The summed E-state index contributed by atoms with van der Waals surface area (Å²) in [5.74, 6) is -2.64. The molecule has 7 nitrogen and oxygen atoms in total. The topological polar surface area (TPSA) is 92.8 Å². The number of nitrogens with one attached hydrogen (secondary N) is 1. The number of imide groups is 1. The molecule has 2 aromatic rings. The lowest BCUT2D eigenvalue weighted by atomic mass is 9.88. The lowest BCUT2D eigenvalue weighted by Gasteiger charge is -2.25. The molecule has 0 bridgehead atoms. The van der Waals surface area contributed by atoms with Crippen molar-refractivity contribution in [1.82, 2.24) is 5.06 Å². The Labute approximate surface area is 148 Å². The molecule has 0 spiro atoms. The summed E-state index contributed by atoms with van der Waals surface area (Å²) < 4.78 is 0. The molecule has 2 heterocycles. The Bertz CT molecular complexity index is 917. The molecule has 3 amide bonds. The number of hydrogen-bond acceptors (Lipinski definition) is 5. The average molecular weight is 350 g/mol. The van der Waals surface area contributed by atoms with E-state index < -0.39 is 17.8 Å². The van der Waals surface area contributed by atoms with Crippen molar-refractivity contribution in [1.29, 1.82) is 0 Å². The van der Waals surface area contributed by atoms with Crippen LogP contribution in [-0.4, -0.2) is 28.8 Å². The fourth-order valence-corrected chi connectivity index (χ4v) is 3.27. The molecule has 0 fully saturated rings. The van der Waals surface area contributed by atoms with Crippen LogP contribution in [0.1, 0.15) is 45.0 Å². The van der Waals surface area contributed by atoms with Gasteiger partial charge in [-0.05, 0) is 23.8 Å².